The number of carbonyl (C=O) groups excluding carboxylic acids is 2. The number of fused-ring (bicyclic) bond motifs is 3. The first-order chi connectivity index (χ1) is 22.2. The molecule has 2 aromatic heterocycles. The monoisotopic (exact) mass is 634 g/mol. The summed E-state index contributed by atoms with van der Waals surface area (Å²) in [6.45, 7) is 12.0. The molecule has 0 bridgehead atoms. The van der Waals surface area contributed by atoms with Gasteiger partial charge in [0.2, 0.25) is 5.91 Å². The Labute approximate surface area is 270 Å². The molecule has 2 heterocycles. The van der Waals surface area contributed by atoms with Crippen LogP contribution >= 0.6 is 0 Å². The van der Waals surface area contributed by atoms with Gasteiger partial charge in [-0.05, 0) is 51.9 Å². The summed E-state index contributed by atoms with van der Waals surface area (Å²) >= 11 is 0. The molecule has 11 heteroatoms. The maximum atomic E-state index is 15.6. The summed E-state index contributed by atoms with van der Waals surface area (Å²) in [5.74, 6) is 0.0168. The first kappa shape index (κ1) is 34.6. The van der Waals surface area contributed by atoms with Crippen LogP contribution in [-0.2, 0) is 33.8 Å². The third-order valence-corrected chi connectivity index (χ3v) is 7.98. The van der Waals surface area contributed by atoms with Crippen LogP contribution in [0.15, 0.2) is 42.5 Å². The number of benzene rings is 2. The average molecular weight is 635 g/mol. The number of anilines is 1. The number of imidazole rings is 1. The number of nitrogens with zero attached hydrogens (tertiary/aromatic N) is 5. The number of aromatic nitrogens is 3. The largest absolute Gasteiger partial charge is 0.479 e. The third kappa shape index (κ3) is 8.51. The minimum atomic E-state index is -0.600. The molecule has 4 rings (SSSR count). The average Bonchev–Trinajstić information content (AvgIpc) is 3.41. The number of unbranched alkanes of at least 4 members (excludes halogenated alkanes) is 1. The van der Waals surface area contributed by atoms with Gasteiger partial charge in [-0.25, -0.2) is 19.2 Å². The molecular formula is C35H47FN6O4. The summed E-state index contributed by atoms with van der Waals surface area (Å²) in [7, 11) is 0. The number of esters is 1. The molecule has 0 unspecified atom stereocenters. The molecule has 248 valence electrons. The molecule has 10 nitrogen and oxygen atoms in total. The zero-order valence-corrected chi connectivity index (χ0v) is 27.7. The Morgan fingerprint density at radius 2 is 1.78 bits per heavy atom. The molecule has 0 saturated carbocycles. The molecule has 46 heavy (non-hydrogen) atoms. The van der Waals surface area contributed by atoms with Crippen LogP contribution in [0.3, 0.4) is 0 Å². The van der Waals surface area contributed by atoms with E-state index in [1.54, 1.807) is 30.9 Å². The fraction of sp³-hybridized carbons (Fsp3) is 0.486. The van der Waals surface area contributed by atoms with E-state index in [1.807, 2.05) is 43.0 Å². The molecule has 0 fully saturated rings. The SMILES string of the molecule is CCCCc1nc2c(N)nc3ccccc3c2n1CCCN(Cc1cccc(OCC(=O)OC(C)C)c1F)C(=O)CN(CC)CC. The molecule has 0 aliphatic rings. The van der Waals surface area contributed by atoms with Gasteiger partial charge in [0.15, 0.2) is 24.0 Å². The van der Waals surface area contributed by atoms with Crippen LogP contribution < -0.4 is 10.5 Å². The first-order valence-corrected chi connectivity index (χ1v) is 16.3. The van der Waals surface area contributed by atoms with E-state index in [0.717, 1.165) is 54.6 Å². The number of likely N-dealkylation sites (N-methyl/N-ethyl adjacent to an activating group) is 1. The van der Waals surface area contributed by atoms with Gasteiger partial charge < -0.3 is 24.7 Å². The van der Waals surface area contributed by atoms with Crippen molar-refractivity contribution >= 4 is 39.6 Å². The van der Waals surface area contributed by atoms with Crippen molar-refractivity contribution in [1.29, 1.82) is 0 Å². The Balaban J connectivity index is 1.59. The van der Waals surface area contributed by atoms with Gasteiger partial charge in [-0.1, -0.05) is 57.5 Å². The molecule has 0 aliphatic carbocycles. The number of carbonyl (C=O) groups is 2. The highest BCUT2D eigenvalue weighted by molar-refractivity contribution is 6.06. The topological polar surface area (TPSA) is 116 Å². The molecule has 0 saturated heterocycles. The van der Waals surface area contributed by atoms with Crippen molar-refractivity contribution in [1.82, 2.24) is 24.3 Å². The molecule has 2 aromatic carbocycles. The summed E-state index contributed by atoms with van der Waals surface area (Å²) in [5, 5.41) is 0.979. The van der Waals surface area contributed by atoms with Crippen molar-refractivity contribution in [2.24, 2.45) is 0 Å². The fourth-order valence-corrected chi connectivity index (χ4v) is 5.55. The van der Waals surface area contributed by atoms with Gasteiger partial charge in [0.1, 0.15) is 11.3 Å². The van der Waals surface area contributed by atoms with E-state index in [1.165, 1.54) is 6.07 Å². The maximum Gasteiger partial charge on any atom is 0.344 e. The summed E-state index contributed by atoms with van der Waals surface area (Å²) in [5.41, 5.74) is 9.13. The zero-order valence-electron chi connectivity index (χ0n) is 27.7. The third-order valence-electron chi connectivity index (χ3n) is 7.98. The normalized spacial score (nSPS) is 11.6. The highest BCUT2D eigenvalue weighted by Crippen LogP contribution is 2.30. The van der Waals surface area contributed by atoms with Crippen molar-refractivity contribution in [3.8, 4) is 5.75 Å². The summed E-state index contributed by atoms with van der Waals surface area (Å²) in [6.07, 6.45) is 3.12. The molecule has 4 aromatic rings. The van der Waals surface area contributed by atoms with Crippen molar-refractivity contribution in [2.75, 3.05) is 38.5 Å². The lowest BCUT2D eigenvalue weighted by molar-refractivity contribution is -0.149. The van der Waals surface area contributed by atoms with Crippen LogP contribution in [-0.4, -0.2) is 75.1 Å². The second-order valence-electron chi connectivity index (χ2n) is 11.7. The number of hydrogen-bond donors (Lipinski definition) is 1. The van der Waals surface area contributed by atoms with E-state index in [9.17, 15) is 9.59 Å². The number of amides is 1. The number of halogens is 1. The molecule has 0 radical (unpaired) electrons. The Bertz CT molecular complexity index is 1630. The van der Waals surface area contributed by atoms with E-state index in [2.05, 4.69) is 16.5 Å². The standard InChI is InChI=1S/C35H47FN6O4/c1-6-9-18-29-39-33-34(26-15-10-11-16-27(26)38-35(33)37)42(29)20-13-19-41(30(43)22-40(7-2)8-3)21-25-14-12-17-28(32(25)36)45-23-31(44)46-24(4)5/h10-12,14-17,24H,6-9,13,18-23H2,1-5H3,(H2,37,38). The first-order valence-electron chi connectivity index (χ1n) is 16.3. The molecule has 2 N–H and O–H groups in total. The van der Waals surface area contributed by atoms with Gasteiger partial charge in [-0.2, -0.15) is 0 Å². The molecular weight excluding hydrogens is 587 g/mol. The van der Waals surface area contributed by atoms with Crippen LogP contribution in [0, 0.1) is 5.82 Å². The minimum Gasteiger partial charge on any atom is -0.479 e. The van der Waals surface area contributed by atoms with Gasteiger partial charge in [0.05, 0.1) is 23.7 Å². The van der Waals surface area contributed by atoms with Crippen LogP contribution in [0.4, 0.5) is 10.2 Å². The zero-order chi connectivity index (χ0) is 33.2. The Hall–Kier alpha value is -4.25. The second-order valence-corrected chi connectivity index (χ2v) is 11.7. The highest BCUT2D eigenvalue weighted by atomic mass is 19.1. The maximum absolute atomic E-state index is 15.6. The smallest absolute Gasteiger partial charge is 0.344 e. The van der Waals surface area contributed by atoms with Gasteiger partial charge in [0.25, 0.3) is 0 Å². The Morgan fingerprint density at radius 3 is 2.50 bits per heavy atom. The molecule has 0 aliphatic heterocycles. The predicted molar refractivity (Wildman–Crippen MR) is 179 cm³/mol. The molecule has 1 amide bonds. The van der Waals surface area contributed by atoms with Crippen LogP contribution in [0.5, 0.6) is 5.75 Å². The van der Waals surface area contributed by atoms with E-state index >= 15 is 4.39 Å². The Kier molecular flexibility index (Phi) is 12.3. The Morgan fingerprint density at radius 1 is 1.02 bits per heavy atom. The van der Waals surface area contributed by atoms with E-state index in [0.29, 0.717) is 36.4 Å². The number of nitrogens with two attached hydrogens (primary N) is 1. The highest BCUT2D eigenvalue weighted by Gasteiger charge is 2.22. The minimum absolute atomic E-state index is 0.0575. The fourth-order valence-electron chi connectivity index (χ4n) is 5.55. The van der Waals surface area contributed by atoms with Crippen LogP contribution in [0.25, 0.3) is 21.9 Å². The number of aryl methyl sites for hydroxylation is 2. The van der Waals surface area contributed by atoms with Crippen LogP contribution in [0.1, 0.15) is 65.3 Å². The number of para-hydroxylation sites is 1. The second kappa shape index (κ2) is 16.4. The lowest BCUT2D eigenvalue weighted by Gasteiger charge is -2.27. The number of rotatable bonds is 17. The summed E-state index contributed by atoms with van der Waals surface area (Å²) < 4.78 is 28.4. The molecule has 0 spiro atoms. The van der Waals surface area contributed by atoms with Gasteiger partial charge in [-0.15, -0.1) is 0 Å². The van der Waals surface area contributed by atoms with Gasteiger partial charge >= 0.3 is 5.97 Å². The lowest BCUT2D eigenvalue weighted by Crippen LogP contribution is -2.40. The summed E-state index contributed by atoms with van der Waals surface area (Å²) in [6, 6.07) is 12.7. The number of pyridine rings is 1. The van der Waals surface area contributed by atoms with Crippen molar-refractivity contribution in [3.05, 3.63) is 59.7 Å². The summed E-state index contributed by atoms with van der Waals surface area (Å²) in [4.78, 5) is 38.9. The number of hydrogen-bond acceptors (Lipinski definition) is 8. The van der Waals surface area contributed by atoms with Crippen LogP contribution in [0.2, 0.25) is 0 Å². The molecule has 0 atom stereocenters. The predicted octanol–water partition coefficient (Wildman–Crippen LogP) is 5.74. The number of ether oxygens (including phenoxy) is 2. The van der Waals surface area contributed by atoms with Gasteiger partial charge in [0, 0.05) is 37.0 Å². The number of nitrogen functional groups attached to an aromatic ring is 1. The van der Waals surface area contributed by atoms with Gasteiger partial charge in [-0.3, -0.25) is 9.69 Å². The van der Waals surface area contributed by atoms with E-state index in [-0.39, 0.29) is 30.9 Å². The van der Waals surface area contributed by atoms with Crippen molar-refractivity contribution in [2.45, 2.75) is 79.5 Å². The van der Waals surface area contributed by atoms with Crippen molar-refractivity contribution < 1.29 is 23.5 Å². The van der Waals surface area contributed by atoms with E-state index < -0.39 is 18.4 Å². The van der Waals surface area contributed by atoms with Crippen molar-refractivity contribution in [3.63, 3.8) is 0 Å². The van der Waals surface area contributed by atoms with E-state index in [4.69, 9.17) is 20.2 Å². The quantitative estimate of drug-likeness (QED) is 0.146. The lowest BCUT2D eigenvalue weighted by atomic mass is 10.1.